The molecule has 0 aliphatic carbocycles. The van der Waals surface area contributed by atoms with Gasteiger partial charge in [0.2, 0.25) is 5.82 Å². The first-order valence-corrected chi connectivity index (χ1v) is 9.93. The lowest BCUT2D eigenvalue weighted by atomic mass is 10.1. The summed E-state index contributed by atoms with van der Waals surface area (Å²) < 4.78 is 45.2. The van der Waals surface area contributed by atoms with Crippen molar-refractivity contribution in [3.05, 3.63) is 94.3 Å². The van der Waals surface area contributed by atoms with Crippen molar-refractivity contribution in [1.82, 2.24) is 19.9 Å². The van der Waals surface area contributed by atoms with Gasteiger partial charge < -0.3 is 4.52 Å². The Hall–Kier alpha value is -4.27. The van der Waals surface area contributed by atoms with E-state index < -0.39 is 11.7 Å². The maximum atomic E-state index is 13.1. The molecule has 0 spiro atoms. The maximum absolute atomic E-state index is 13.1. The van der Waals surface area contributed by atoms with E-state index in [1.807, 2.05) is 19.1 Å². The molecular formula is C24H15F3N4O2. The van der Waals surface area contributed by atoms with Gasteiger partial charge in [-0.2, -0.15) is 27.9 Å². The number of rotatable bonds is 3. The number of benzene rings is 3. The predicted octanol–water partition coefficient (Wildman–Crippen LogP) is 5.43. The molecule has 0 aliphatic heterocycles. The quantitative estimate of drug-likeness (QED) is 0.368. The lowest BCUT2D eigenvalue weighted by Crippen LogP contribution is -2.23. The molecule has 0 atom stereocenters. The van der Waals surface area contributed by atoms with Gasteiger partial charge in [-0.3, -0.25) is 4.79 Å². The van der Waals surface area contributed by atoms with Gasteiger partial charge in [-0.15, -0.1) is 0 Å². The Bertz CT molecular complexity index is 1540. The average Bonchev–Trinajstić information content (AvgIpc) is 3.30. The molecule has 0 amide bonds. The average molecular weight is 448 g/mol. The first-order valence-electron chi connectivity index (χ1n) is 9.93. The van der Waals surface area contributed by atoms with Crippen LogP contribution in [0.5, 0.6) is 0 Å². The first kappa shape index (κ1) is 20.6. The zero-order valence-corrected chi connectivity index (χ0v) is 17.2. The summed E-state index contributed by atoms with van der Waals surface area (Å²) in [5.74, 6) is 0.154. The lowest BCUT2D eigenvalue weighted by Gasteiger charge is -2.11. The smallest absolute Gasteiger partial charge is 0.332 e. The topological polar surface area (TPSA) is 73.8 Å². The van der Waals surface area contributed by atoms with Crippen LogP contribution in [0.25, 0.3) is 39.4 Å². The summed E-state index contributed by atoms with van der Waals surface area (Å²) in [5, 5.41) is 9.36. The number of hydrogen-bond acceptors (Lipinski definition) is 5. The van der Waals surface area contributed by atoms with Crippen LogP contribution in [-0.2, 0) is 6.18 Å². The Kier molecular flexibility index (Phi) is 4.81. The number of alkyl halides is 3. The van der Waals surface area contributed by atoms with Crippen LogP contribution in [0.15, 0.2) is 82.1 Å². The van der Waals surface area contributed by atoms with E-state index in [0.29, 0.717) is 27.7 Å². The number of hydrogen-bond donors (Lipinski definition) is 0. The third-order valence-electron chi connectivity index (χ3n) is 5.25. The molecule has 0 radical (unpaired) electrons. The van der Waals surface area contributed by atoms with Crippen LogP contribution in [-0.4, -0.2) is 19.9 Å². The van der Waals surface area contributed by atoms with E-state index >= 15 is 0 Å². The van der Waals surface area contributed by atoms with Crippen molar-refractivity contribution in [3.63, 3.8) is 0 Å². The molecule has 164 valence electrons. The minimum atomic E-state index is -4.44. The third kappa shape index (κ3) is 3.67. The van der Waals surface area contributed by atoms with E-state index in [2.05, 4.69) is 15.2 Å². The normalized spacial score (nSPS) is 11.8. The molecule has 0 fully saturated rings. The summed E-state index contributed by atoms with van der Waals surface area (Å²) in [6.07, 6.45) is -4.44. The highest BCUT2D eigenvalue weighted by atomic mass is 19.4. The maximum Gasteiger partial charge on any atom is 0.416 e. The molecule has 5 rings (SSSR count). The van der Waals surface area contributed by atoms with Gasteiger partial charge in [0.05, 0.1) is 16.6 Å². The summed E-state index contributed by atoms with van der Waals surface area (Å²) in [6.45, 7) is 1.87. The SMILES string of the molecule is Cc1ccccc1-n1nc(-c2nc(-c3ccc(C(F)(F)F)cc3)no2)c2ccccc2c1=O. The fraction of sp³-hybridized carbons (Fsp3) is 0.0833. The number of aromatic nitrogens is 4. The molecule has 0 N–H and O–H groups in total. The monoisotopic (exact) mass is 448 g/mol. The van der Waals surface area contributed by atoms with E-state index in [0.717, 1.165) is 17.7 Å². The van der Waals surface area contributed by atoms with Gasteiger partial charge in [0.25, 0.3) is 11.4 Å². The molecule has 0 unspecified atom stereocenters. The molecule has 0 saturated carbocycles. The second kappa shape index (κ2) is 7.70. The van der Waals surface area contributed by atoms with Crippen LogP contribution in [0.4, 0.5) is 13.2 Å². The number of halogens is 3. The summed E-state index contributed by atoms with van der Waals surface area (Å²) in [4.78, 5) is 17.5. The van der Waals surface area contributed by atoms with Crippen LogP contribution in [0.3, 0.4) is 0 Å². The van der Waals surface area contributed by atoms with Gasteiger partial charge in [-0.1, -0.05) is 53.7 Å². The van der Waals surface area contributed by atoms with Gasteiger partial charge in [-0.25, -0.2) is 0 Å². The van der Waals surface area contributed by atoms with Crippen LogP contribution in [0.2, 0.25) is 0 Å². The Morgan fingerprint density at radius 2 is 1.55 bits per heavy atom. The standard InChI is InChI=1S/C24H15F3N4O2/c1-14-6-2-5-9-19(14)31-23(32)18-8-4-3-7-17(18)20(29-31)22-28-21(30-33-22)15-10-12-16(13-11-15)24(25,26)27/h2-13H,1H3. The summed E-state index contributed by atoms with van der Waals surface area (Å²) in [6, 6.07) is 18.7. The lowest BCUT2D eigenvalue weighted by molar-refractivity contribution is -0.137. The Morgan fingerprint density at radius 1 is 0.879 bits per heavy atom. The molecule has 5 aromatic rings. The van der Waals surface area contributed by atoms with Crippen LogP contribution in [0.1, 0.15) is 11.1 Å². The van der Waals surface area contributed by atoms with Gasteiger partial charge in [0, 0.05) is 10.9 Å². The van der Waals surface area contributed by atoms with Gasteiger partial charge >= 0.3 is 6.18 Å². The van der Waals surface area contributed by atoms with Crippen molar-refractivity contribution in [2.45, 2.75) is 13.1 Å². The number of nitrogens with zero attached hydrogens (tertiary/aromatic N) is 4. The summed E-state index contributed by atoms with van der Waals surface area (Å²) >= 11 is 0. The van der Waals surface area contributed by atoms with Gasteiger partial charge in [0.1, 0.15) is 0 Å². The minimum absolute atomic E-state index is 0.0448. The molecule has 9 heteroatoms. The zero-order chi connectivity index (χ0) is 23.2. The van der Waals surface area contributed by atoms with Crippen molar-refractivity contribution in [2.75, 3.05) is 0 Å². The van der Waals surface area contributed by atoms with Gasteiger partial charge in [0.15, 0.2) is 5.69 Å². The Balaban J connectivity index is 1.66. The highest BCUT2D eigenvalue weighted by Crippen LogP contribution is 2.31. The first-order chi connectivity index (χ1) is 15.8. The van der Waals surface area contributed by atoms with E-state index in [-0.39, 0.29) is 17.3 Å². The van der Waals surface area contributed by atoms with E-state index in [4.69, 9.17) is 4.52 Å². The molecule has 2 aromatic heterocycles. The molecule has 33 heavy (non-hydrogen) atoms. The molecule has 0 aliphatic rings. The Labute approximate surface area is 184 Å². The molecule has 6 nitrogen and oxygen atoms in total. The van der Waals surface area contributed by atoms with Crippen molar-refractivity contribution >= 4 is 10.8 Å². The van der Waals surface area contributed by atoms with E-state index in [9.17, 15) is 18.0 Å². The highest BCUT2D eigenvalue weighted by Gasteiger charge is 2.30. The van der Waals surface area contributed by atoms with Gasteiger partial charge in [-0.05, 0) is 36.8 Å². The second-order valence-corrected chi connectivity index (χ2v) is 7.40. The van der Waals surface area contributed by atoms with Crippen molar-refractivity contribution in [1.29, 1.82) is 0 Å². The number of aryl methyl sites for hydroxylation is 1. The van der Waals surface area contributed by atoms with Crippen molar-refractivity contribution in [3.8, 4) is 28.7 Å². The van der Waals surface area contributed by atoms with E-state index in [1.54, 1.807) is 36.4 Å². The molecular weight excluding hydrogens is 433 g/mol. The largest absolute Gasteiger partial charge is 0.416 e. The van der Waals surface area contributed by atoms with Crippen LogP contribution in [0, 0.1) is 6.92 Å². The Morgan fingerprint density at radius 3 is 2.24 bits per heavy atom. The third-order valence-corrected chi connectivity index (χ3v) is 5.25. The molecule has 3 aromatic carbocycles. The van der Waals surface area contributed by atoms with Crippen molar-refractivity contribution < 1.29 is 17.7 Å². The number of para-hydroxylation sites is 1. The highest BCUT2D eigenvalue weighted by molar-refractivity contribution is 5.92. The van der Waals surface area contributed by atoms with Crippen LogP contribution >= 0.6 is 0 Å². The fourth-order valence-corrected chi connectivity index (χ4v) is 3.56. The fourth-order valence-electron chi connectivity index (χ4n) is 3.56. The molecule has 2 heterocycles. The van der Waals surface area contributed by atoms with E-state index in [1.165, 1.54) is 16.8 Å². The predicted molar refractivity (Wildman–Crippen MR) is 116 cm³/mol. The van der Waals surface area contributed by atoms with Crippen LogP contribution < -0.4 is 5.56 Å². The molecule has 0 saturated heterocycles. The molecule has 0 bridgehead atoms. The minimum Gasteiger partial charge on any atom is -0.332 e. The summed E-state index contributed by atoms with van der Waals surface area (Å²) in [7, 11) is 0. The van der Waals surface area contributed by atoms with Crippen molar-refractivity contribution in [2.24, 2.45) is 0 Å². The summed E-state index contributed by atoms with van der Waals surface area (Å²) in [5.41, 5.74) is 1.04. The number of fused-ring (bicyclic) bond motifs is 1. The second-order valence-electron chi connectivity index (χ2n) is 7.40. The zero-order valence-electron chi connectivity index (χ0n) is 17.2.